The topological polar surface area (TPSA) is 76.7 Å². The fourth-order valence-electron chi connectivity index (χ4n) is 4.81. The molecule has 3 aliphatic heterocycles. The minimum atomic E-state index is -0.362. The van der Waals surface area contributed by atoms with Crippen molar-refractivity contribution < 1.29 is 14.0 Å². The van der Waals surface area contributed by atoms with E-state index < -0.39 is 0 Å². The number of nitrogens with zero attached hydrogens (tertiary/aromatic N) is 2. The first-order valence-electron chi connectivity index (χ1n) is 10.1. The van der Waals surface area contributed by atoms with E-state index >= 15 is 0 Å². The fraction of sp³-hybridized carbons (Fsp3) is 0.600. The average molecular weight is 387 g/mol. The summed E-state index contributed by atoms with van der Waals surface area (Å²) in [6.45, 7) is 1.22. The van der Waals surface area contributed by atoms with Crippen molar-refractivity contribution in [2.75, 3.05) is 25.5 Å². The Morgan fingerprint density at radius 3 is 2.82 bits per heavy atom. The van der Waals surface area contributed by atoms with Gasteiger partial charge in [0.05, 0.1) is 0 Å². The van der Waals surface area contributed by atoms with Gasteiger partial charge in [0.2, 0.25) is 11.8 Å². The molecule has 7 nitrogen and oxygen atoms in total. The van der Waals surface area contributed by atoms with E-state index in [1.165, 1.54) is 12.1 Å². The van der Waals surface area contributed by atoms with Crippen molar-refractivity contribution in [3.63, 3.8) is 0 Å². The Kier molecular flexibility index (Phi) is 4.28. The highest BCUT2D eigenvalue weighted by Crippen LogP contribution is 2.32. The van der Waals surface area contributed by atoms with Crippen molar-refractivity contribution in [3.8, 4) is 0 Å². The molecule has 3 N–H and O–H groups in total. The average Bonchev–Trinajstić information content (AvgIpc) is 3.33. The summed E-state index contributed by atoms with van der Waals surface area (Å²) in [7, 11) is 1.87. The van der Waals surface area contributed by atoms with Crippen LogP contribution in [0.4, 0.5) is 10.1 Å². The number of likely N-dealkylation sites (N-methyl/N-ethyl adjacent to an activating group) is 1. The van der Waals surface area contributed by atoms with Crippen LogP contribution >= 0.6 is 0 Å². The number of amides is 2. The quantitative estimate of drug-likeness (QED) is 0.703. The van der Waals surface area contributed by atoms with Crippen LogP contribution < -0.4 is 16.2 Å². The van der Waals surface area contributed by atoms with Crippen molar-refractivity contribution in [3.05, 3.63) is 29.6 Å². The molecule has 2 amide bonds. The van der Waals surface area contributed by atoms with E-state index in [0.717, 1.165) is 30.5 Å². The lowest BCUT2D eigenvalue weighted by Gasteiger charge is -2.37. The third-order valence-corrected chi connectivity index (χ3v) is 6.65. The molecule has 0 spiro atoms. The number of rotatable bonds is 3. The number of hydrogen-bond donors (Lipinski definition) is 3. The van der Waals surface area contributed by atoms with E-state index in [4.69, 9.17) is 0 Å². The first-order valence-corrected chi connectivity index (χ1v) is 10.1. The highest BCUT2D eigenvalue weighted by molar-refractivity contribution is 5.88. The van der Waals surface area contributed by atoms with Gasteiger partial charge in [-0.05, 0) is 43.0 Å². The van der Waals surface area contributed by atoms with Gasteiger partial charge >= 0.3 is 0 Å². The van der Waals surface area contributed by atoms with Crippen molar-refractivity contribution >= 4 is 17.5 Å². The second-order valence-corrected chi connectivity index (χ2v) is 8.49. The van der Waals surface area contributed by atoms with Crippen LogP contribution in [-0.4, -0.2) is 65.9 Å². The van der Waals surface area contributed by atoms with Gasteiger partial charge in [0.25, 0.3) is 0 Å². The number of carbonyl (C=O) groups excluding carboxylic acids is 2. The number of hydrazine groups is 1. The number of benzene rings is 1. The molecule has 4 aliphatic rings. The predicted octanol–water partition coefficient (Wildman–Crippen LogP) is 0.477. The Labute approximate surface area is 163 Å². The molecule has 3 fully saturated rings. The number of piperidine rings is 1. The summed E-state index contributed by atoms with van der Waals surface area (Å²) in [5.74, 6) is -0.0753. The lowest BCUT2D eigenvalue weighted by molar-refractivity contribution is -0.137. The van der Waals surface area contributed by atoms with Gasteiger partial charge in [-0.2, -0.15) is 0 Å². The number of hydrogen-bond acceptors (Lipinski definition) is 5. The van der Waals surface area contributed by atoms with Gasteiger partial charge in [0, 0.05) is 50.2 Å². The molecule has 28 heavy (non-hydrogen) atoms. The molecule has 2 saturated heterocycles. The molecule has 1 aliphatic carbocycles. The summed E-state index contributed by atoms with van der Waals surface area (Å²) in [5, 5.41) is 3.23. The third-order valence-electron chi connectivity index (χ3n) is 6.65. The molecule has 0 radical (unpaired) electrons. The minimum absolute atomic E-state index is 0.0312. The first-order chi connectivity index (χ1) is 13.5. The van der Waals surface area contributed by atoms with Crippen molar-refractivity contribution in [2.24, 2.45) is 5.92 Å². The zero-order valence-corrected chi connectivity index (χ0v) is 16.0. The van der Waals surface area contributed by atoms with Crippen LogP contribution in [0.3, 0.4) is 0 Å². The van der Waals surface area contributed by atoms with Crippen molar-refractivity contribution in [2.45, 2.75) is 49.9 Å². The van der Waals surface area contributed by atoms with Crippen LogP contribution in [-0.2, 0) is 16.0 Å². The molecular weight excluding hydrogens is 361 g/mol. The largest absolute Gasteiger partial charge is 0.373 e. The van der Waals surface area contributed by atoms with E-state index in [1.807, 2.05) is 16.8 Å². The van der Waals surface area contributed by atoms with E-state index in [-0.39, 0.29) is 41.7 Å². The second-order valence-electron chi connectivity index (χ2n) is 8.49. The Balaban J connectivity index is 1.26. The number of nitrogens with one attached hydrogen (secondary N) is 3. The van der Waals surface area contributed by atoms with E-state index in [9.17, 15) is 14.0 Å². The van der Waals surface area contributed by atoms with Crippen LogP contribution in [0.2, 0.25) is 0 Å². The monoisotopic (exact) mass is 387 g/mol. The summed E-state index contributed by atoms with van der Waals surface area (Å²) < 4.78 is 13.5. The van der Waals surface area contributed by atoms with Gasteiger partial charge < -0.3 is 15.1 Å². The molecule has 4 unspecified atom stereocenters. The number of halogens is 1. The smallest absolute Gasteiger partial charge is 0.245 e. The SMILES string of the molecule is CN(C(=O)C1NNC2CCN(C(=O)C3Cc4cc(F)ccc4N3)CC21)C1CC1. The van der Waals surface area contributed by atoms with Gasteiger partial charge in [-0.3, -0.25) is 15.0 Å². The molecule has 5 rings (SSSR count). The summed E-state index contributed by atoms with van der Waals surface area (Å²) in [4.78, 5) is 29.7. The fourth-order valence-corrected chi connectivity index (χ4v) is 4.81. The molecule has 4 atom stereocenters. The number of likely N-dealkylation sites (tertiary alicyclic amines) is 1. The molecule has 150 valence electrons. The predicted molar refractivity (Wildman–Crippen MR) is 102 cm³/mol. The van der Waals surface area contributed by atoms with Crippen LogP contribution in [0.5, 0.6) is 0 Å². The van der Waals surface area contributed by atoms with Gasteiger partial charge in [-0.25, -0.2) is 9.82 Å². The normalized spacial score (nSPS) is 31.1. The molecule has 1 saturated carbocycles. The molecule has 0 aromatic heterocycles. The van der Waals surface area contributed by atoms with Crippen LogP contribution in [0.1, 0.15) is 24.8 Å². The Morgan fingerprint density at radius 1 is 1.21 bits per heavy atom. The summed E-state index contributed by atoms with van der Waals surface area (Å²) in [5.41, 5.74) is 8.11. The first kappa shape index (κ1) is 17.9. The van der Waals surface area contributed by atoms with Crippen LogP contribution in [0, 0.1) is 11.7 Å². The Morgan fingerprint density at radius 2 is 2.04 bits per heavy atom. The zero-order valence-electron chi connectivity index (χ0n) is 16.0. The van der Waals surface area contributed by atoms with Gasteiger partial charge in [-0.1, -0.05) is 0 Å². The second kappa shape index (κ2) is 6.70. The van der Waals surface area contributed by atoms with Gasteiger partial charge in [0.15, 0.2) is 0 Å². The highest BCUT2D eigenvalue weighted by atomic mass is 19.1. The van der Waals surface area contributed by atoms with Crippen molar-refractivity contribution in [1.29, 1.82) is 0 Å². The maximum Gasteiger partial charge on any atom is 0.245 e. The molecule has 1 aromatic rings. The zero-order chi connectivity index (χ0) is 19.4. The highest BCUT2D eigenvalue weighted by Gasteiger charge is 2.47. The van der Waals surface area contributed by atoms with Crippen LogP contribution in [0.25, 0.3) is 0 Å². The van der Waals surface area contributed by atoms with Gasteiger partial charge in [0.1, 0.15) is 17.9 Å². The molecule has 1 aromatic carbocycles. The van der Waals surface area contributed by atoms with E-state index in [2.05, 4.69) is 16.2 Å². The maximum atomic E-state index is 13.5. The number of fused-ring (bicyclic) bond motifs is 2. The molecular formula is C20H26FN5O2. The summed E-state index contributed by atoms with van der Waals surface area (Å²) in [6, 6.07) is 4.51. The Bertz CT molecular complexity index is 814. The number of carbonyl (C=O) groups is 2. The lowest BCUT2D eigenvalue weighted by Crippen LogP contribution is -2.54. The van der Waals surface area contributed by atoms with E-state index in [0.29, 0.717) is 25.6 Å². The van der Waals surface area contributed by atoms with Crippen LogP contribution in [0.15, 0.2) is 18.2 Å². The van der Waals surface area contributed by atoms with E-state index in [1.54, 1.807) is 6.07 Å². The minimum Gasteiger partial charge on any atom is -0.373 e. The maximum absolute atomic E-state index is 13.5. The third kappa shape index (κ3) is 3.04. The lowest BCUT2D eigenvalue weighted by atomic mass is 9.87. The molecule has 8 heteroatoms. The molecule has 3 heterocycles. The van der Waals surface area contributed by atoms with Crippen molar-refractivity contribution in [1.82, 2.24) is 20.7 Å². The van der Waals surface area contributed by atoms with Gasteiger partial charge in [-0.15, -0.1) is 0 Å². The molecule has 0 bridgehead atoms. The number of anilines is 1. The Hall–Kier alpha value is -2.19. The summed E-state index contributed by atoms with van der Waals surface area (Å²) >= 11 is 0. The standard InChI is InChI=1S/C20H26FN5O2/c1-25(13-3-4-13)20(28)18-14-10-26(7-6-16(14)23-24-18)19(27)17-9-11-8-12(21)2-5-15(11)22-17/h2,5,8,13-14,16-18,22-24H,3-4,6-7,9-10H2,1H3. The summed E-state index contributed by atoms with van der Waals surface area (Å²) in [6.07, 6.45) is 3.47.